The molecular weight excluding hydrogens is 251 g/mol. The van der Waals surface area contributed by atoms with Crippen LogP contribution in [-0.4, -0.2) is 34.2 Å². The van der Waals surface area contributed by atoms with Crippen LogP contribution in [0.25, 0.3) is 0 Å². The Morgan fingerprint density at radius 2 is 2.37 bits per heavy atom. The Kier molecular flexibility index (Phi) is 4.44. The SMILES string of the molecule is O=C(COc1cccc(F)c1)NCCc1ncn[nH]1. The normalized spacial score (nSPS) is 10.2. The van der Waals surface area contributed by atoms with E-state index in [0.717, 1.165) is 0 Å². The minimum Gasteiger partial charge on any atom is -0.484 e. The molecule has 100 valence electrons. The van der Waals surface area contributed by atoms with Crippen LogP contribution in [0.4, 0.5) is 4.39 Å². The van der Waals surface area contributed by atoms with E-state index in [4.69, 9.17) is 4.74 Å². The van der Waals surface area contributed by atoms with E-state index in [9.17, 15) is 9.18 Å². The fourth-order valence-corrected chi connectivity index (χ4v) is 1.43. The summed E-state index contributed by atoms with van der Waals surface area (Å²) in [7, 11) is 0. The second-order valence-electron chi connectivity index (χ2n) is 3.78. The first-order chi connectivity index (χ1) is 9.24. The van der Waals surface area contributed by atoms with Crippen molar-refractivity contribution < 1.29 is 13.9 Å². The Morgan fingerprint density at radius 1 is 1.47 bits per heavy atom. The summed E-state index contributed by atoms with van der Waals surface area (Å²) in [5, 5.41) is 9.05. The number of hydrogen-bond acceptors (Lipinski definition) is 4. The molecule has 0 saturated carbocycles. The summed E-state index contributed by atoms with van der Waals surface area (Å²) in [6.07, 6.45) is 1.97. The van der Waals surface area contributed by atoms with Crippen molar-refractivity contribution in [2.75, 3.05) is 13.2 Å². The maximum absolute atomic E-state index is 12.9. The molecule has 2 rings (SSSR count). The molecular formula is C12H13FN4O2. The van der Waals surface area contributed by atoms with Crippen molar-refractivity contribution in [2.45, 2.75) is 6.42 Å². The summed E-state index contributed by atoms with van der Waals surface area (Å²) < 4.78 is 18.0. The Morgan fingerprint density at radius 3 is 3.11 bits per heavy atom. The molecule has 0 unspecified atom stereocenters. The van der Waals surface area contributed by atoms with Gasteiger partial charge in [-0.25, -0.2) is 9.37 Å². The number of amides is 1. The topological polar surface area (TPSA) is 79.9 Å². The van der Waals surface area contributed by atoms with Gasteiger partial charge in [0, 0.05) is 19.0 Å². The Bertz CT molecular complexity index is 530. The van der Waals surface area contributed by atoms with E-state index in [1.165, 1.54) is 24.5 Å². The second kappa shape index (κ2) is 6.48. The summed E-state index contributed by atoms with van der Waals surface area (Å²) in [5.41, 5.74) is 0. The Labute approximate surface area is 109 Å². The van der Waals surface area contributed by atoms with Crippen LogP contribution in [-0.2, 0) is 11.2 Å². The number of rotatable bonds is 6. The van der Waals surface area contributed by atoms with Gasteiger partial charge in [-0.3, -0.25) is 9.89 Å². The maximum atomic E-state index is 12.9. The molecule has 1 aromatic carbocycles. The van der Waals surface area contributed by atoms with Gasteiger partial charge in [0.25, 0.3) is 5.91 Å². The lowest BCUT2D eigenvalue weighted by Gasteiger charge is -2.06. The second-order valence-corrected chi connectivity index (χ2v) is 3.78. The molecule has 1 heterocycles. The summed E-state index contributed by atoms with van der Waals surface area (Å²) in [6.45, 7) is 0.278. The molecule has 7 heteroatoms. The van der Waals surface area contributed by atoms with Gasteiger partial charge in [-0.05, 0) is 12.1 Å². The summed E-state index contributed by atoms with van der Waals surface area (Å²) in [6, 6.07) is 5.64. The zero-order chi connectivity index (χ0) is 13.5. The van der Waals surface area contributed by atoms with Gasteiger partial charge in [-0.15, -0.1) is 0 Å². The molecule has 19 heavy (non-hydrogen) atoms. The third kappa shape index (κ3) is 4.38. The third-order valence-corrected chi connectivity index (χ3v) is 2.31. The quantitative estimate of drug-likeness (QED) is 0.804. The number of carbonyl (C=O) groups is 1. The van der Waals surface area contributed by atoms with Gasteiger partial charge in [-0.2, -0.15) is 5.10 Å². The molecule has 0 aliphatic heterocycles. The largest absolute Gasteiger partial charge is 0.484 e. The molecule has 1 aromatic heterocycles. The van der Waals surface area contributed by atoms with Crippen LogP contribution < -0.4 is 10.1 Å². The Balaban J connectivity index is 1.67. The standard InChI is InChI=1S/C12H13FN4O2/c13-9-2-1-3-10(6-9)19-7-12(18)14-5-4-11-15-8-16-17-11/h1-3,6,8H,4-5,7H2,(H,14,18)(H,15,16,17). The first-order valence-corrected chi connectivity index (χ1v) is 5.73. The predicted molar refractivity (Wildman–Crippen MR) is 65.0 cm³/mol. The van der Waals surface area contributed by atoms with Crippen molar-refractivity contribution in [1.82, 2.24) is 20.5 Å². The van der Waals surface area contributed by atoms with Crippen molar-refractivity contribution in [1.29, 1.82) is 0 Å². The lowest BCUT2D eigenvalue weighted by Crippen LogP contribution is -2.30. The number of nitrogens with zero attached hydrogens (tertiary/aromatic N) is 2. The highest BCUT2D eigenvalue weighted by atomic mass is 19.1. The molecule has 2 N–H and O–H groups in total. The van der Waals surface area contributed by atoms with E-state index in [0.29, 0.717) is 24.5 Å². The molecule has 0 fully saturated rings. The van der Waals surface area contributed by atoms with Crippen LogP contribution in [0.3, 0.4) is 0 Å². The van der Waals surface area contributed by atoms with Crippen molar-refractivity contribution in [3.05, 3.63) is 42.2 Å². The van der Waals surface area contributed by atoms with Crippen LogP contribution in [0.15, 0.2) is 30.6 Å². The predicted octanol–water partition coefficient (Wildman–Crippen LogP) is 0.681. The first-order valence-electron chi connectivity index (χ1n) is 5.73. The fraction of sp³-hybridized carbons (Fsp3) is 0.250. The zero-order valence-electron chi connectivity index (χ0n) is 10.1. The van der Waals surface area contributed by atoms with E-state index in [1.54, 1.807) is 6.07 Å². The number of nitrogens with one attached hydrogen (secondary N) is 2. The van der Waals surface area contributed by atoms with E-state index >= 15 is 0 Å². The monoisotopic (exact) mass is 264 g/mol. The van der Waals surface area contributed by atoms with Gasteiger partial charge in [0.15, 0.2) is 6.61 Å². The van der Waals surface area contributed by atoms with Crippen molar-refractivity contribution >= 4 is 5.91 Å². The number of benzene rings is 1. The zero-order valence-corrected chi connectivity index (χ0v) is 10.1. The van der Waals surface area contributed by atoms with Gasteiger partial charge < -0.3 is 10.1 Å². The van der Waals surface area contributed by atoms with Gasteiger partial charge in [0.2, 0.25) is 0 Å². The van der Waals surface area contributed by atoms with E-state index < -0.39 is 5.82 Å². The van der Waals surface area contributed by atoms with Gasteiger partial charge in [-0.1, -0.05) is 6.07 Å². The van der Waals surface area contributed by atoms with Gasteiger partial charge >= 0.3 is 0 Å². The molecule has 0 aliphatic carbocycles. The molecule has 0 aliphatic rings. The van der Waals surface area contributed by atoms with Crippen molar-refractivity contribution in [3.63, 3.8) is 0 Å². The minimum absolute atomic E-state index is 0.153. The first kappa shape index (κ1) is 13.0. The number of H-pyrrole nitrogens is 1. The maximum Gasteiger partial charge on any atom is 0.257 e. The van der Waals surface area contributed by atoms with Crippen LogP contribution in [0, 0.1) is 5.82 Å². The molecule has 0 atom stereocenters. The van der Waals surface area contributed by atoms with Crippen molar-refractivity contribution in [3.8, 4) is 5.75 Å². The van der Waals surface area contributed by atoms with E-state index in [2.05, 4.69) is 20.5 Å². The van der Waals surface area contributed by atoms with E-state index in [-0.39, 0.29) is 12.5 Å². The molecule has 0 spiro atoms. The number of aromatic amines is 1. The highest BCUT2D eigenvalue weighted by Crippen LogP contribution is 2.11. The van der Waals surface area contributed by atoms with Crippen LogP contribution in [0.5, 0.6) is 5.75 Å². The molecule has 0 radical (unpaired) electrons. The molecule has 1 amide bonds. The van der Waals surface area contributed by atoms with E-state index in [1.807, 2.05) is 0 Å². The number of halogens is 1. The molecule has 0 saturated heterocycles. The molecule has 6 nitrogen and oxygen atoms in total. The van der Waals surface area contributed by atoms with Crippen LogP contribution in [0.2, 0.25) is 0 Å². The van der Waals surface area contributed by atoms with Gasteiger partial charge in [0.1, 0.15) is 23.7 Å². The summed E-state index contributed by atoms with van der Waals surface area (Å²) in [5.74, 6) is 0.351. The van der Waals surface area contributed by atoms with Crippen molar-refractivity contribution in [2.24, 2.45) is 0 Å². The number of ether oxygens (including phenoxy) is 1. The average molecular weight is 264 g/mol. The number of aromatic nitrogens is 3. The molecule has 0 bridgehead atoms. The molecule has 2 aromatic rings. The Hall–Kier alpha value is -2.44. The fourth-order valence-electron chi connectivity index (χ4n) is 1.43. The summed E-state index contributed by atoms with van der Waals surface area (Å²) in [4.78, 5) is 15.4. The lowest BCUT2D eigenvalue weighted by molar-refractivity contribution is -0.123. The smallest absolute Gasteiger partial charge is 0.257 e. The van der Waals surface area contributed by atoms with Gasteiger partial charge in [0.05, 0.1) is 0 Å². The summed E-state index contributed by atoms with van der Waals surface area (Å²) >= 11 is 0. The van der Waals surface area contributed by atoms with Crippen LogP contribution >= 0.6 is 0 Å². The minimum atomic E-state index is -0.400. The highest BCUT2D eigenvalue weighted by molar-refractivity contribution is 5.77. The third-order valence-electron chi connectivity index (χ3n) is 2.31. The highest BCUT2D eigenvalue weighted by Gasteiger charge is 2.03. The number of carbonyl (C=O) groups excluding carboxylic acids is 1. The van der Waals surface area contributed by atoms with Crippen LogP contribution in [0.1, 0.15) is 5.82 Å². The average Bonchev–Trinajstić information content (AvgIpc) is 2.90. The lowest BCUT2D eigenvalue weighted by atomic mass is 10.3. The number of hydrogen-bond donors (Lipinski definition) is 2.